The van der Waals surface area contributed by atoms with E-state index >= 15 is 0 Å². The second kappa shape index (κ2) is 7.13. The molecule has 0 radical (unpaired) electrons. The number of carbonyl (C=O) groups is 1. The third kappa shape index (κ3) is 3.98. The molecule has 0 saturated heterocycles. The Morgan fingerprint density at radius 1 is 1.14 bits per heavy atom. The van der Waals surface area contributed by atoms with Crippen LogP contribution >= 0.6 is 11.3 Å². The summed E-state index contributed by atoms with van der Waals surface area (Å²) >= 11 is 1.31. The number of rotatable bonds is 7. The van der Waals surface area contributed by atoms with Gasteiger partial charge in [0.25, 0.3) is 0 Å². The molecule has 112 valence electrons. The molecule has 1 aromatic heterocycles. The summed E-state index contributed by atoms with van der Waals surface area (Å²) in [5.41, 5.74) is 2.26. The van der Waals surface area contributed by atoms with Crippen LogP contribution < -0.4 is 10.2 Å². The van der Waals surface area contributed by atoms with E-state index in [1.54, 1.807) is 6.07 Å². The Kier molecular flexibility index (Phi) is 5.22. The Bertz CT molecular complexity index is 589. The zero-order chi connectivity index (χ0) is 15.2. The maximum absolute atomic E-state index is 10.8. The lowest BCUT2D eigenvalue weighted by Crippen LogP contribution is -2.21. The minimum absolute atomic E-state index is 0.378. The van der Waals surface area contributed by atoms with Crippen LogP contribution in [-0.4, -0.2) is 24.2 Å². The van der Waals surface area contributed by atoms with Crippen LogP contribution in [0.15, 0.2) is 36.4 Å². The van der Waals surface area contributed by atoms with Crippen molar-refractivity contribution in [1.82, 2.24) is 0 Å². The minimum atomic E-state index is -0.866. The summed E-state index contributed by atoms with van der Waals surface area (Å²) in [6.07, 6.45) is 0. The minimum Gasteiger partial charge on any atom is -0.477 e. The lowest BCUT2D eigenvalue weighted by Gasteiger charge is -2.21. The van der Waals surface area contributed by atoms with Gasteiger partial charge in [0, 0.05) is 35.9 Å². The van der Waals surface area contributed by atoms with Gasteiger partial charge in [-0.25, -0.2) is 4.79 Å². The highest BCUT2D eigenvalue weighted by atomic mass is 32.1. The second-order valence-electron chi connectivity index (χ2n) is 4.64. The van der Waals surface area contributed by atoms with Gasteiger partial charge < -0.3 is 15.3 Å². The van der Waals surface area contributed by atoms with Crippen molar-refractivity contribution in [3.8, 4) is 0 Å². The molecule has 2 rings (SSSR count). The van der Waals surface area contributed by atoms with E-state index in [9.17, 15) is 4.79 Å². The first-order chi connectivity index (χ1) is 10.1. The van der Waals surface area contributed by atoms with Gasteiger partial charge >= 0.3 is 5.97 Å². The first kappa shape index (κ1) is 15.4. The van der Waals surface area contributed by atoms with Gasteiger partial charge in [0.2, 0.25) is 0 Å². The van der Waals surface area contributed by atoms with Gasteiger partial charge in [0.1, 0.15) is 4.88 Å². The number of anilines is 2. The van der Waals surface area contributed by atoms with Gasteiger partial charge in [0.05, 0.1) is 0 Å². The third-order valence-electron chi connectivity index (χ3n) is 3.34. The second-order valence-corrected chi connectivity index (χ2v) is 5.81. The predicted molar refractivity (Wildman–Crippen MR) is 88.6 cm³/mol. The van der Waals surface area contributed by atoms with Gasteiger partial charge in [-0.3, -0.25) is 0 Å². The summed E-state index contributed by atoms with van der Waals surface area (Å²) in [5.74, 6) is -0.866. The molecule has 1 heterocycles. The van der Waals surface area contributed by atoms with Gasteiger partial charge in [-0.15, -0.1) is 11.3 Å². The Labute approximate surface area is 129 Å². The molecule has 21 heavy (non-hydrogen) atoms. The SMILES string of the molecule is CCN(CC)c1ccc(NCc2ccc(C(=O)O)s2)cc1. The average Bonchev–Trinajstić information content (AvgIpc) is 2.97. The lowest BCUT2D eigenvalue weighted by molar-refractivity contribution is 0.0702. The van der Waals surface area contributed by atoms with Gasteiger partial charge in [-0.1, -0.05) is 0 Å². The van der Waals surface area contributed by atoms with Crippen molar-refractivity contribution in [2.45, 2.75) is 20.4 Å². The summed E-state index contributed by atoms with van der Waals surface area (Å²) in [7, 11) is 0. The number of thiophene rings is 1. The Morgan fingerprint density at radius 3 is 2.33 bits per heavy atom. The molecule has 0 bridgehead atoms. The van der Waals surface area contributed by atoms with E-state index in [4.69, 9.17) is 5.11 Å². The van der Waals surface area contributed by atoms with E-state index in [1.165, 1.54) is 17.0 Å². The quantitative estimate of drug-likeness (QED) is 0.814. The number of hydrogen-bond acceptors (Lipinski definition) is 4. The number of carboxylic acid groups (broad SMARTS) is 1. The largest absolute Gasteiger partial charge is 0.477 e. The van der Waals surface area contributed by atoms with Crippen molar-refractivity contribution in [3.05, 3.63) is 46.2 Å². The standard InChI is InChI=1S/C16H20N2O2S/c1-3-18(4-2)13-7-5-12(6-8-13)17-11-14-9-10-15(21-14)16(19)20/h5-10,17H,3-4,11H2,1-2H3,(H,19,20). The number of carboxylic acids is 1. The number of aromatic carboxylic acids is 1. The molecule has 0 unspecified atom stereocenters. The van der Waals surface area contributed by atoms with E-state index in [-0.39, 0.29) is 0 Å². The molecule has 5 heteroatoms. The Morgan fingerprint density at radius 2 is 1.81 bits per heavy atom. The molecular weight excluding hydrogens is 284 g/mol. The van der Waals surface area contributed by atoms with E-state index in [0.717, 1.165) is 23.7 Å². The molecule has 1 aromatic carbocycles. The maximum atomic E-state index is 10.8. The predicted octanol–water partition coefficient (Wildman–Crippen LogP) is 3.90. The van der Waals surface area contributed by atoms with Crippen LogP contribution in [0.3, 0.4) is 0 Å². The highest BCUT2D eigenvalue weighted by Crippen LogP contribution is 2.20. The number of hydrogen-bond donors (Lipinski definition) is 2. The molecule has 0 atom stereocenters. The zero-order valence-electron chi connectivity index (χ0n) is 12.3. The fourth-order valence-electron chi connectivity index (χ4n) is 2.16. The number of nitrogens with zero attached hydrogens (tertiary/aromatic N) is 1. The smallest absolute Gasteiger partial charge is 0.345 e. The molecule has 4 nitrogen and oxygen atoms in total. The fraction of sp³-hybridized carbons (Fsp3) is 0.312. The number of benzene rings is 1. The van der Waals surface area contributed by atoms with E-state index in [1.807, 2.05) is 6.07 Å². The first-order valence-electron chi connectivity index (χ1n) is 7.05. The van der Waals surface area contributed by atoms with Crippen LogP contribution in [0, 0.1) is 0 Å². The summed E-state index contributed by atoms with van der Waals surface area (Å²) < 4.78 is 0. The van der Waals surface area contributed by atoms with Crippen LogP contribution in [0.5, 0.6) is 0 Å². The van der Waals surface area contributed by atoms with E-state index in [2.05, 4.69) is 48.3 Å². The zero-order valence-corrected chi connectivity index (χ0v) is 13.1. The fourth-order valence-corrected chi connectivity index (χ4v) is 2.94. The summed E-state index contributed by atoms with van der Waals surface area (Å²) in [6, 6.07) is 11.8. The molecular formula is C16H20N2O2S. The monoisotopic (exact) mass is 304 g/mol. The maximum Gasteiger partial charge on any atom is 0.345 e. The third-order valence-corrected chi connectivity index (χ3v) is 4.41. The van der Waals surface area contributed by atoms with Crippen molar-refractivity contribution in [3.63, 3.8) is 0 Å². The first-order valence-corrected chi connectivity index (χ1v) is 7.86. The van der Waals surface area contributed by atoms with Gasteiger partial charge in [-0.2, -0.15) is 0 Å². The van der Waals surface area contributed by atoms with Crippen molar-refractivity contribution in [1.29, 1.82) is 0 Å². The molecule has 0 spiro atoms. The van der Waals surface area contributed by atoms with Crippen LogP contribution in [-0.2, 0) is 6.54 Å². The highest BCUT2D eigenvalue weighted by Gasteiger charge is 2.06. The van der Waals surface area contributed by atoms with Gasteiger partial charge in [-0.05, 0) is 50.2 Å². The van der Waals surface area contributed by atoms with Crippen molar-refractivity contribution in [2.24, 2.45) is 0 Å². The topological polar surface area (TPSA) is 52.6 Å². The molecule has 0 aliphatic heterocycles. The van der Waals surface area contributed by atoms with Crippen LogP contribution in [0.1, 0.15) is 28.4 Å². The van der Waals surface area contributed by atoms with Crippen molar-refractivity contribution >= 4 is 28.7 Å². The number of nitrogens with one attached hydrogen (secondary N) is 1. The van der Waals surface area contributed by atoms with Crippen LogP contribution in [0.4, 0.5) is 11.4 Å². The summed E-state index contributed by atoms with van der Waals surface area (Å²) in [4.78, 5) is 14.5. The lowest BCUT2D eigenvalue weighted by atomic mass is 10.2. The average molecular weight is 304 g/mol. The van der Waals surface area contributed by atoms with Crippen LogP contribution in [0.2, 0.25) is 0 Å². The molecule has 0 aliphatic carbocycles. The molecule has 2 N–H and O–H groups in total. The Hall–Kier alpha value is -2.01. The van der Waals surface area contributed by atoms with E-state index < -0.39 is 5.97 Å². The van der Waals surface area contributed by atoms with Gasteiger partial charge in [0.15, 0.2) is 0 Å². The Balaban J connectivity index is 1.95. The summed E-state index contributed by atoms with van der Waals surface area (Å²) in [6.45, 7) is 6.93. The molecule has 0 aliphatic rings. The summed E-state index contributed by atoms with van der Waals surface area (Å²) in [5, 5.41) is 12.2. The van der Waals surface area contributed by atoms with Crippen molar-refractivity contribution < 1.29 is 9.90 Å². The highest BCUT2D eigenvalue weighted by molar-refractivity contribution is 7.13. The molecule has 0 fully saturated rings. The van der Waals surface area contributed by atoms with Crippen molar-refractivity contribution in [2.75, 3.05) is 23.3 Å². The molecule has 2 aromatic rings. The van der Waals surface area contributed by atoms with E-state index in [0.29, 0.717) is 11.4 Å². The molecule has 0 saturated carbocycles. The normalized spacial score (nSPS) is 10.4. The van der Waals surface area contributed by atoms with Crippen LogP contribution in [0.25, 0.3) is 0 Å². The molecule has 0 amide bonds.